The molecule has 1 aromatic carbocycles. The van der Waals surface area contributed by atoms with E-state index in [-0.39, 0.29) is 5.91 Å². The molecule has 5 rings (SSSR count). The van der Waals surface area contributed by atoms with Crippen molar-refractivity contribution in [3.8, 4) is 11.3 Å². The number of aromatic nitrogens is 7. The number of anilines is 1. The fourth-order valence-corrected chi connectivity index (χ4v) is 3.48. The van der Waals surface area contributed by atoms with Crippen LogP contribution in [-0.4, -0.2) is 40.1 Å². The van der Waals surface area contributed by atoms with Gasteiger partial charge in [0.25, 0.3) is 5.91 Å². The second-order valence-electron chi connectivity index (χ2n) is 7.26. The summed E-state index contributed by atoms with van der Waals surface area (Å²) in [6.45, 7) is 2.62. The molecule has 0 radical (unpaired) electrons. The van der Waals surface area contributed by atoms with Gasteiger partial charge in [-0.25, -0.2) is 9.50 Å². The van der Waals surface area contributed by atoms with Gasteiger partial charge in [0, 0.05) is 48.6 Å². The minimum atomic E-state index is -0.296. The average Bonchev–Trinajstić information content (AvgIpc) is 3.50. The second-order valence-corrected chi connectivity index (χ2v) is 7.26. The van der Waals surface area contributed by atoms with Crippen LogP contribution >= 0.6 is 0 Å². The predicted octanol–water partition coefficient (Wildman–Crippen LogP) is 2.94. The fourth-order valence-electron chi connectivity index (χ4n) is 3.48. The molecule has 0 unspecified atom stereocenters. The number of benzene rings is 1. The molecule has 9 nitrogen and oxygen atoms in total. The van der Waals surface area contributed by atoms with Gasteiger partial charge in [-0.1, -0.05) is 12.1 Å². The molecule has 0 atom stereocenters. The minimum absolute atomic E-state index is 0.291. The molecule has 1 amide bonds. The van der Waals surface area contributed by atoms with Gasteiger partial charge in [0.05, 0.1) is 18.4 Å². The summed E-state index contributed by atoms with van der Waals surface area (Å²) >= 11 is 0. The first kappa shape index (κ1) is 18.7. The molecule has 0 aliphatic carbocycles. The molecule has 0 aliphatic rings. The van der Waals surface area contributed by atoms with Gasteiger partial charge in [-0.3, -0.25) is 14.2 Å². The number of aryl methyl sites for hydroxylation is 1. The number of nitrogens with one attached hydrogen (secondary N) is 1. The van der Waals surface area contributed by atoms with Crippen LogP contribution in [0.3, 0.4) is 0 Å². The van der Waals surface area contributed by atoms with Crippen LogP contribution in [0.4, 0.5) is 5.69 Å². The zero-order chi connectivity index (χ0) is 21.4. The number of hydrogen-bond donors (Lipinski definition) is 1. The van der Waals surface area contributed by atoms with Gasteiger partial charge in [0.15, 0.2) is 11.3 Å². The highest BCUT2D eigenvalue weighted by Gasteiger charge is 2.16. The molecule has 0 fully saturated rings. The molecule has 154 valence electrons. The summed E-state index contributed by atoms with van der Waals surface area (Å²) in [6.07, 6.45) is 7.14. The fraction of sp³-hybridized carbons (Fsp3) is 0.136. The Morgan fingerprint density at radius 3 is 2.77 bits per heavy atom. The van der Waals surface area contributed by atoms with Crippen LogP contribution < -0.4 is 5.32 Å². The largest absolute Gasteiger partial charge is 0.321 e. The number of amides is 1. The maximum Gasteiger partial charge on any atom is 0.276 e. The molecular weight excluding hydrogens is 392 g/mol. The Balaban J connectivity index is 1.42. The summed E-state index contributed by atoms with van der Waals surface area (Å²) in [6, 6.07) is 13.1. The van der Waals surface area contributed by atoms with Gasteiger partial charge < -0.3 is 5.32 Å². The van der Waals surface area contributed by atoms with E-state index >= 15 is 0 Å². The Morgan fingerprint density at radius 1 is 1.10 bits per heavy atom. The standard InChI is InChI=1S/C22H20N8O/c1-15-18(13-25-28(15)2)20-7-9-23-21-12-19(27-30(20)21)22(31)26-17-6-3-5-16(11-17)14-29-10-4-8-24-29/h3-13H,14H2,1-2H3,(H,26,31). The van der Waals surface area contributed by atoms with Crippen molar-refractivity contribution in [1.29, 1.82) is 0 Å². The Kier molecular flexibility index (Phi) is 4.55. The van der Waals surface area contributed by atoms with Crippen molar-refractivity contribution in [2.75, 3.05) is 5.32 Å². The zero-order valence-electron chi connectivity index (χ0n) is 17.1. The van der Waals surface area contributed by atoms with Crippen molar-refractivity contribution in [3.05, 3.63) is 84.2 Å². The Labute approximate surface area is 178 Å². The topological polar surface area (TPSA) is 94.9 Å². The number of fused-ring (bicyclic) bond motifs is 1. The van der Waals surface area contributed by atoms with E-state index < -0.39 is 0 Å². The lowest BCUT2D eigenvalue weighted by molar-refractivity contribution is 0.102. The summed E-state index contributed by atoms with van der Waals surface area (Å²) in [7, 11) is 1.89. The summed E-state index contributed by atoms with van der Waals surface area (Å²) in [5.41, 5.74) is 5.39. The molecule has 0 spiro atoms. The zero-order valence-corrected chi connectivity index (χ0v) is 17.1. The van der Waals surface area contributed by atoms with E-state index in [0.29, 0.717) is 23.6 Å². The molecule has 0 bridgehead atoms. The van der Waals surface area contributed by atoms with Crippen molar-refractivity contribution < 1.29 is 4.79 Å². The maximum absolute atomic E-state index is 12.9. The molecule has 31 heavy (non-hydrogen) atoms. The van der Waals surface area contributed by atoms with Crippen molar-refractivity contribution in [1.82, 2.24) is 34.2 Å². The Morgan fingerprint density at radius 2 is 2.00 bits per heavy atom. The van der Waals surface area contributed by atoms with E-state index in [0.717, 1.165) is 22.5 Å². The van der Waals surface area contributed by atoms with Gasteiger partial charge in [-0.15, -0.1) is 0 Å². The molecule has 9 heteroatoms. The second kappa shape index (κ2) is 7.52. The lowest BCUT2D eigenvalue weighted by Crippen LogP contribution is -2.13. The van der Waals surface area contributed by atoms with Crippen molar-refractivity contribution in [3.63, 3.8) is 0 Å². The lowest BCUT2D eigenvalue weighted by atomic mass is 10.2. The molecule has 4 heterocycles. The van der Waals surface area contributed by atoms with Gasteiger partial charge >= 0.3 is 0 Å². The number of carbonyl (C=O) groups excluding carboxylic acids is 1. The van der Waals surface area contributed by atoms with E-state index in [1.165, 1.54) is 0 Å². The third-order valence-corrected chi connectivity index (χ3v) is 5.19. The molecule has 4 aromatic heterocycles. The van der Waals surface area contributed by atoms with Crippen LogP contribution in [0.15, 0.2) is 67.3 Å². The van der Waals surface area contributed by atoms with Crippen LogP contribution in [0.25, 0.3) is 16.9 Å². The van der Waals surface area contributed by atoms with E-state index in [9.17, 15) is 4.79 Å². The first-order valence-electron chi connectivity index (χ1n) is 9.80. The van der Waals surface area contributed by atoms with Crippen LogP contribution in [0, 0.1) is 6.92 Å². The Hall–Kier alpha value is -4.27. The first-order valence-corrected chi connectivity index (χ1v) is 9.80. The smallest absolute Gasteiger partial charge is 0.276 e. The van der Waals surface area contributed by atoms with E-state index in [4.69, 9.17) is 0 Å². The predicted molar refractivity (Wildman–Crippen MR) is 116 cm³/mol. The third kappa shape index (κ3) is 3.57. The van der Waals surface area contributed by atoms with E-state index in [1.54, 1.807) is 33.9 Å². The highest BCUT2D eigenvalue weighted by molar-refractivity contribution is 6.03. The normalized spacial score (nSPS) is 11.2. The van der Waals surface area contributed by atoms with Gasteiger partial charge in [-0.05, 0) is 36.8 Å². The number of carbonyl (C=O) groups is 1. The van der Waals surface area contributed by atoms with Crippen molar-refractivity contribution in [2.24, 2.45) is 7.05 Å². The number of hydrogen-bond acceptors (Lipinski definition) is 5. The van der Waals surface area contributed by atoms with Crippen LogP contribution in [0.1, 0.15) is 21.7 Å². The summed E-state index contributed by atoms with van der Waals surface area (Å²) in [5.74, 6) is -0.296. The van der Waals surface area contributed by atoms with E-state index in [1.807, 2.05) is 61.2 Å². The molecule has 5 aromatic rings. The van der Waals surface area contributed by atoms with E-state index in [2.05, 4.69) is 25.6 Å². The summed E-state index contributed by atoms with van der Waals surface area (Å²) in [5, 5.41) is 16.0. The van der Waals surface area contributed by atoms with Crippen molar-refractivity contribution >= 4 is 17.2 Å². The minimum Gasteiger partial charge on any atom is -0.321 e. The van der Waals surface area contributed by atoms with Gasteiger partial charge in [0.1, 0.15) is 0 Å². The highest BCUT2D eigenvalue weighted by Crippen LogP contribution is 2.23. The van der Waals surface area contributed by atoms with Crippen LogP contribution in [-0.2, 0) is 13.6 Å². The highest BCUT2D eigenvalue weighted by atomic mass is 16.1. The summed E-state index contributed by atoms with van der Waals surface area (Å²) < 4.78 is 5.30. The van der Waals surface area contributed by atoms with Crippen LogP contribution in [0.5, 0.6) is 0 Å². The third-order valence-electron chi connectivity index (χ3n) is 5.19. The number of rotatable bonds is 5. The molecule has 0 saturated heterocycles. The van der Waals surface area contributed by atoms with Gasteiger partial charge in [-0.2, -0.15) is 15.3 Å². The molecule has 0 saturated carbocycles. The maximum atomic E-state index is 12.9. The quantitative estimate of drug-likeness (QED) is 0.479. The Bertz CT molecular complexity index is 1380. The van der Waals surface area contributed by atoms with Crippen molar-refractivity contribution in [2.45, 2.75) is 13.5 Å². The first-order chi connectivity index (χ1) is 15.1. The number of nitrogens with zero attached hydrogens (tertiary/aromatic N) is 7. The molecular formula is C22H20N8O. The molecule has 1 N–H and O–H groups in total. The monoisotopic (exact) mass is 412 g/mol. The van der Waals surface area contributed by atoms with Crippen LogP contribution in [0.2, 0.25) is 0 Å². The summed E-state index contributed by atoms with van der Waals surface area (Å²) in [4.78, 5) is 17.2. The lowest BCUT2D eigenvalue weighted by Gasteiger charge is -2.07. The average molecular weight is 412 g/mol. The van der Waals surface area contributed by atoms with Gasteiger partial charge in [0.2, 0.25) is 0 Å². The molecule has 0 aliphatic heterocycles. The SMILES string of the molecule is Cc1c(-c2ccnc3cc(C(=O)Nc4cccc(Cn5cccn5)c4)nn23)cnn1C.